The maximum absolute atomic E-state index is 13.2. The number of aliphatic imine (C=N–C) groups is 1. The number of carbonyl (C=O) groups excluding carboxylic acids is 2. The second kappa shape index (κ2) is 13.8. The predicted molar refractivity (Wildman–Crippen MR) is 111 cm³/mol. The van der Waals surface area contributed by atoms with E-state index in [2.05, 4.69) is 15.8 Å². The number of unbranched alkanes of at least 4 members (excludes halogenated alkanes) is 1. The van der Waals surface area contributed by atoms with Gasteiger partial charge < -0.3 is 4.74 Å². The van der Waals surface area contributed by atoms with E-state index in [1.54, 1.807) is 12.2 Å². The maximum atomic E-state index is 13.2. The van der Waals surface area contributed by atoms with Crippen LogP contribution in [0.5, 0.6) is 0 Å². The first-order valence-electron chi connectivity index (χ1n) is 9.42. The van der Waals surface area contributed by atoms with E-state index < -0.39 is 5.82 Å². The van der Waals surface area contributed by atoms with Gasteiger partial charge in [0.1, 0.15) is 11.7 Å². The van der Waals surface area contributed by atoms with Crippen LogP contribution in [-0.4, -0.2) is 31.9 Å². The molecule has 0 saturated heterocycles. The van der Waals surface area contributed by atoms with Crippen molar-refractivity contribution < 1.29 is 18.7 Å². The summed E-state index contributed by atoms with van der Waals surface area (Å²) in [6.07, 6.45) is 8.63. The number of amidine groups is 1. The van der Waals surface area contributed by atoms with Gasteiger partial charge in [-0.1, -0.05) is 13.0 Å². The molecule has 0 unspecified atom stereocenters. The Balaban J connectivity index is 2.99. The smallest absolute Gasteiger partial charge is 0.305 e. The highest BCUT2D eigenvalue weighted by atomic mass is 19.1. The van der Waals surface area contributed by atoms with Gasteiger partial charge in [0.2, 0.25) is 6.41 Å². The normalized spacial score (nSPS) is 11.9. The minimum absolute atomic E-state index is 0.217. The summed E-state index contributed by atoms with van der Waals surface area (Å²) in [5, 5.41) is 9.16. The molecular formula is C22H26FN3O3. The molecule has 0 fully saturated rings. The van der Waals surface area contributed by atoms with E-state index in [1.165, 1.54) is 36.3 Å². The molecule has 6 nitrogen and oxygen atoms in total. The van der Waals surface area contributed by atoms with Crippen molar-refractivity contribution in [3.63, 3.8) is 0 Å². The Morgan fingerprint density at radius 2 is 1.97 bits per heavy atom. The molecule has 0 spiro atoms. The zero-order valence-electron chi connectivity index (χ0n) is 16.8. The lowest BCUT2D eigenvalue weighted by atomic mass is 10.1. The summed E-state index contributed by atoms with van der Waals surface area (Å²) in [5.74, 6) is -0.219. The highest BCUT2D eigenvalue weighted by molar-refractivity contribution is 6.09. The topological polar surface area (TPSA) is 82.8 Å². The zero-order chi connectivity index (χ0) is 21.5. The van der Waals surface area contributed by atoms with Gasteiger partial charge in [0.25, 0.3) is 0 Å². The standard InChI is InChI=1S/C22H26FN3O3/c1-3-4-7-18(16-24)14-15-25-21(8-5-6-9-22(28)29-2)26(17-27)20-12-10-19(23)11-13-20/h4,7,10-14,17H,3,5-6,8-9,15H2,1-2H3/b7-4-,18-14+,25-21-. The van der Waals surface area contributed by atoms with Gasteiger partial charge in [-0.3, -0.25) is 19.5 Å². The first-order valence-corrected chi connectivity index (χ1v) is 9.42. The minimum atomic E-state index is -0.402. The van der Waals surface area contributed by atoms with Crippen molar-refractivity contribution in [2.24, 2.45) is 4.99 Å². The average Bonchev–Trinajstić information content (AvgIpc) is 2.74. The van der Waals surface area contributed by atoms with Crippen LogP contribution in [0, 0.1) is 17.1 Å². The van der Waals surface area contributed by atoms with Gasteiger partial charge in [0.05, 0.1) is 19.7 Å². The SMILES string of the molecule is CC/C=C\C(C#N)=C/C/N=C(/CCCCC(=O)OC)N(C=O)c1ccc(F)cc1. The highest BCUT2D eigenvalue weighted by Gasteiger charge is 2.13. The van der Waals surface area contributed by atoms with E-state index in [9.17, 15) is 14.0 Å². The Morgan fingerprint density at radius 3 is 2.55 bits per heavy atom. The number of halogens is 1. The van der Waals surface area contributed by atoms with Gasteiger partial charge >= 0.3 is 5.97 Å². The van der Waals surface area contributed by atoms with Crippen molar-refractivity contribution >= 4 is 23.9 Å². The number of ether oxygens (including phenoxy) is 1. The second-order valence-electron chi connectivity index (χ2n) is 6.07. The molecule has 7 heteroatoms. The van der Waals surface area contributed by atoms with Crippen LogP contribution in [-0.2, 0) is 14.3 Å². The lowest BCUT2D eigenvalue weighted by Gasteiger charge is -2.20. The summed E-state index contributed by atoms with van der Waals surface area (Å²) in [6.45, 7) is 2.19. The molecule has 1 rings (SSSR count). The van der Waals surface area contributed by atoms with Gasteiger partial charge in [0, 0.05) is 24.1 Å². The monoisotopic (exact) mass is 399 g/mol. The van der Waals surface area contributed by atoms with Gasteiger partial charge in [0.15, 0.2) is 0 Å². The Labute approximate surface area is 171 Å². The van der Waals surface area contributed by atoms with Crippen molar-refractivity contribution in [2.75, 3.05) is 18.6 Å². The molecule has 1 amide bonds. The number of allylic oxidation sites excluding steroid dienone is 3. The molecule has 0 aliphatic carbocycles. The fraction of sp³-hybridized carbons (Fsp3) is 0.364. The van der Waals surface area contributed by atoms with Crippen molar-refractivity contribution in [1.82, 2.24) is 0 Å². The lowest BCUT2D eigenvalue weighted by Crippen LogP contribution is -2.29. The van der Waals surface area contributed by atoms with Crippen molar-refractivity contribution in [2.45, 2.75) is 39.0 Å². The largest absolute Gasteiger partial charge is 0.469 e. The molecule has 0 atom stereocenters. The third-order valence-electron chi connectivity index (χ3n) is 3.99. The van der Waals surface area contributed by atoms with Gasteiger partial charge in [-0.15, -0.1) is 0 Å². The van der Waals surface area contributed by atoms with Crippen molar-refractivity contribution in [3.8, 4) is 6.07 Å². The molecule has 1 aromatic rings. The molecule has 1 aromatic carbocycles. The molecule has 154 valence electrons. The summed E-state index contributed by atoms with van der Waals surface area (Å²) in [7, 11) is 1.34. The predicted octanol–water partition coefficient (Wildman–Crippen LogP) is 4.34. The van der Waals surface area contributed by atoms with E-state index in [0.717, 1.165) is 6.42 Å². The molecule has 29 heavy (non-hydrogen) atoms. The van der Waals surface area contributed by atoms with E-state index in [1.807, 2.05) is 13.0 Å². The number of nitrogens with zero attached hydrogens (tertiary/aromatic N) is 3. The molecule has 0 saturated carbocycles. The average molecular weight is 399 g/mol. The van der Waals surface area contributed by atoms with Gasteiger partial charge in [-0.05, 0) is 55.7 Å². The number of nitriles is 1. The van der Waals surface area contributed by atoms with E-state index >= 15 is 0 Å². The third kappa shape index (κ3) is 8.98. The summed E-state index contributed by atoms with van der Waals surface area (Å²) >= 11 is 0. The van der Waals surface area contributed by atoms with E-state index in [0.29, 0.717) is 42.8 Å². The maximum Gasteiger partial charge on any atom is 0.305 e. The number of esters is 1. The number of methoxy groups -OCH3 is 1. The molecule has 0 bridgehead atoms. The van der Waals surface area contributed by atoms with Crippen molar-refractivity contribution in [1.29, 1.82) is 5.26 Å². The van der Waals surface area contributed by atoms with Crippen LogP contribution in [0.15, 0.2) is 53.1 Å². The van der Waals surface area contributed by atoms with E-state index in [4.69, 9.17) is 5.26 Å². The van der Waals surface area contributed by atoms with Crippen LogP contribution < -0.4 is 4.90 Å². The molecule has 0 aliphatic heterocycles. The number of amides is 1. The quantitative estimate of drug-likeness (QED) is 0.105. The third-order valence-corrected chi connectivity index (χ3v) is 3.99. The van der Waals surface area contributed by atoms with Crippen LogP contribution in [0.25, 0.3) is 0 Å². The fourth-order valence-electron chi connectivity index (χ4n) is 2.45. The number of rotatable bonds is 11. The summed E-state index contributed by atoms with van der Waals surface area (Å²) in [6, 6.07) is 7.62. The van der Waals surface area contributed by atoms with Crippen molar-refractivity contribution in [3.05, 3.63) is 53.9 Å². The van der Waals surface area contributed by atoms with Crippen LogP contribution in [0.2, 0.25) is 0 Å². The molecule has 0 heterocycles. The number of benzene rings is 1. The van der Waals surface area contributed by atoms with Crippen LogP contribution in [0.3, 0.4) is 0 Å². The number of hydrogen-bond acceptors (Lipinski definition) is 5. The molecule has 0 N–H and O–H groups in total. The Hall–Kier alpha value is -3.27. The zero-order valence-corrected chi connectivity index (χ0v) is 16.8. The number of carbonyl (C=O) groups is 2. The second-order valence-corrected chi connectivity index (χ2v) is 6.07. The molecule has 0 radical (unpaired) electrons. The van der Waals surface area contributed by atoms with Gasteiger partial charge in [-0.2, -0.15) is 5.26 Å². The van der Waals surface area contributed by atoms with Crippen LogP contribution in [0.4, 0.5) is 10.1 Å². The van der Waals surface area contributed by atoms with Crippen LogP contribution in [0.1, 0.15) is 39.0 Å². The molecule has 0 aliphatic rings. The molecular weight excluding hydrogens is 373 g/mol. The molecule has 0 aromatic heterocycles. The first kappa shape index (κ1) is 23.8. The highest BCUT2D eigenvalue weighted by Crippen LogP contribution is 2.17. The van der Waals surface area contributed by atoms with Crippen LogP contribution >= 0.6 is 0 Å². The lowest BCUT2D eigenvalue weighted by molar-refractivity contribution is -0.140. The first-order chi connectivity index (χ1) is 14.0. The Kier molecular flexibility index (Phi) is 11.3. The summed E-state index contributed by atoms with van der Waals surface area (Å²) < 4.78 is 17.8. The summed E-state index contributed by atoms with van der Waals surface area (Å²) in [5.41, 5.74) is 0.976. The minimum Gasteiger partial charge on any atom is -0.469 e. The summed E-state index contributed by atoms with van der Waals surface area (Å²) in [4.78, 5) is 28.8. The fourth-order valence-corrected chi connectivity index (χ4v) is 2.45. The van der Waals surface area contributed by atoms with Gasteiger partial charge in [-0.25, -0.2) is 4.39 Å². The number of hydrogen-bond donors (Lipinski definition) is 0. The van der Waals surface area contributed by atoms with E-state index in [-0.39, 0.29) is 18.9 Å². The Bertz CT molecular complexity index is 793. The Morgan fingerprint density at radius 1 is 1.28 bits per heavy atom. The number of anilines is 1.